The minimum absolute atomic E-state index is 0. The molecule has 0 radical (unpaired) electrons. The second kappa shape index (κ2) is 8.64. The van der Waals surface area contributed by atoms with Crippen molar-refractivity contribution in [3.63, 3.8) is 0 Å². The van der Waals surface area contributed by atoms with Crippen molar-refractivity contribution < 1.29 is 14.3 Å². The smallest absolute Gasteiger partial charge is 0.227 e. The quantitative estimate of drug-likeness (QED) is 0.668. The molecule has 140 valence electrons. The summed E-state index contributed by atoms with van der Waals surface area (Å²) in [5.74, 6) is -0.401. The van der Waals surface area contributed by atoms with Crippen LogP contribution >= 0.6 is 12.4 Å². The summed E-state index contributed by atoms with van der Waals surface area (Å²) in [4.78, 5) is 26.3. The number of hydrogen-bond donors (Lipinski definition) is 3. The van der Waals surface area contributed by atoms with Crippen LogP contribution in [0.2, 0.25) is 0 Å². The van der Waals surface area contributed by atoms with E-state index in [4.69, 9.17) is 4.74 Å². The predicted octanol–water partition coefficient (Wildman–Crippen LogP) is 0.317. The zero-order valence-electron chi connectivity index (χ0n) is 14.4. The lowest BCUT2D eigenvalue weighted by Gasteiger charge is -2.37. The van der Waals surface area contributed by atoms with Gasteiger partial charge in [0.05, 0.1) is 24.4 Å². The zero-order chi connectivity index (χ0) is 17.0. The van der Waals surface area contributed by atoms with Crippen LogP contribution in [0.1, 0.15) is 19.3 Å². The first-order chi connectivity index (χ1) is 11.6. The molecule has 1 aromatic heterocycles. The summed E-state index contributed by atoms with van der Waals surface area (Å²) in [6.45, 7) is 3.52. The van der Waals surface area contributed by atoms with Gasteiger partial charge in [0.15, 0.2) is 0 Å². The highest BCUT2D eigenvalue weighted by Gasteiger charge is 2.37. The Hall–Kier alpha value is -1.64. The third kappa shape index (κ3) is 4.50. The Morgan fingerprint density at radius 3 is 2.88 bits per heavy atom. The molecule has 3 N–H and O–H groups in total. The number of hydrogen-bond acceptors (Lipinski definition) is 5. The van der Waals surface area contributed by atoms with E-state index >= 15 is 0 Å². The summed E-state index contributed by atoms with van der Waals surface area (Å²) in [6, 6.07) is 0. The SMILES string of the molecule is COCC1(CNC(=O)C2CC(=O)N(c3cn[nH]c3)C2)CCNCC1.Cl. The number of nitrogens with one attached hydrogen (secondary N) is 3. The van der Waals surface area contributed by atoms with Gasteiger partial charge >= 0.3 is 0 Å². The number of aromatic amines is 1. The van der Waals surface area contributed by atoms with Crippen LogP contribution in [0.25, 0.3) is 0 Å². The van der Waals surface area contributed by atoms with Gasteiger partial charge in [0, 0.05) is 38.2 Å². The number of nitrogens with zero attached hydrogens (tertiary/aromatic N) is 2. The summed E-state index contributed by atoms with van der Waals surface area (Å²) in [5.41, 5.74) is 0.701. The Balaban J connectivity index is 0.00000225. The van der Waals surface area contributed by atoms with E-state index in [1.807, 2.05) is 0 Å². The van der Waals surface area contributed by atoms with E-state index in [0.29, 0.717) is 25.4 Å². The number of halogens is 1. The van der Waals surface area contributed by atoms with E-state index in [1.165, 1.54) is 0 Å². The van der Waals surface area contributed by atoms with Gasteiger partial charge in [-0.25, -0.2) is 0 Å². The number of rotatable bonds is 6. The molecule has 1 aromatic rings. The van der Waals surface area contributed by atoms with Gasteiger partial charge < -0.3 is 20.3 Å². The molecule has 2 amide bonds. The summed E-state index contributed by atoms with van der Waals surface area (Å²) in [7, 11) is 1.70. The maximum atomic E-state index is 12.5. The predicted molar refractivity (Wildman–Crippen MR) is 95.7 cm³/mol. The first-order valence-corrected chi connectivity index (χ1v) is 8.40. The van der Waals surface area contributed by atoms with Gasteiger partial charge in [0.1, 0.15) is 0 Å². The highest BCUT2D eigenvalue weighted by Crippen LogP contribution is 2.29. The molecule has 1 unspecified atom stereocenters. The Morgan fingerprint density at radius 1 is 1.48 bits per heavy atom. The van der Waals surface area contributed by atoms with Crippen LogP contribution in [0.15, 0.2) is 12.4 Å². The summed E-state index contributed by atoms with van der Waals surface area (Å²) >= 11 is 0. The molecule has 0 spiro atoms. The Labute approximate surface area is 153 Å². The van der Waals surface area contributed by atoms with Crippen LogP contribution in [0.3, 0.4) is 0 Å². The molecule has 3 heterocycles. The molecule has 8 nitrogen and oxygen atoms in total. The lowest BCUT2D eigenvalue weighted by Crippen LogP contribution is -2.48. The van der Waals surface area contributed by atoms with Crippen molar-refractivity contribution in [2.75, 3.05) is 44.8 Å². The van der Waals surface area contributed by atoms with Crippen molar-refractivity contribution in [1.82, 2.24) is 20.8 Å². The van der Waals surface area contributed by atoms with Crippen LogP contribution < -0.4 is 15.5 Å². The molecule has 9 heteroatoms. The molecule has 2 aliphatic heterocycles. The normalized spacial score (nSPS) is 22.5. The second-order valence-electron chi connectivity index (χ2n) is 6.76. The molecule has 0 aromatic carbocycles. The van der Waals surface area contributed by atoms with Crippen molar-refractivity contribution in [3.05, 3.63) is 12.4 Å². The van der Waals surface area contributed by atoms with E-state index < -0.39 is 0 Å². The molecule has 1 atom stereocenters. The minimum Gasteiger partial charge on any atom is -0.384 e. The van der Waals surface area contributed by atoms with Gasteiger partial charge in [-0.05, 0) is 25.9 Å². The Kier molecular flexibility index (Phi) is 6.80. The van der Waals surface area contributed by atoms with Crippen molar-refractivity contribution in [2.24, 2.45) is 11.3 Å². The van der Waals surface area contributed by atoms with E-state index in [1.54, 1.807) is 24.4 Å². The Morgan fingerprint density at radius 2 is 2.24 bits per heavy atom. The maximum absolute atomic E-state index is 12.5. The zero-order valence-corrected chi connectivity index (χ0v) is 15.2. The van der Waals surface area contributed by atoms with Gasteiger partial charge in [-0.1, -0.05) is 0 Å². The number of anilines is 1. The first kappa shape index (κ1) is 19.7. The maximum Gasteiger partial charge on any atom is 0.227 e. The van der Waals surface area contributed by atoms with Crippen LogP contribution in [0.5, 0.6) is 0 Å². The summed E-state index contributed by atoms with van der Waals surface area (Å²) in [6.07, 6.45) is 5.47. The lowest BCUT2D eigenvalue weighted by molar-refractivity contribution is -0.127. The van der Waals surface area contributed by atoms with Crippen LogP contribution in [-0.4, -0.2) is 61.9 Å². The fourth-order valence-electron chi connectivity index (χ4n) is 3.58. The van der Waals surface area contributed by atoms with E-state index in [0.717, 1.165) is 25.9 Å². The van der Waals surface area contributed by atoms with Crippen LogP contribution in [0, 0.1) is 11.3 Å². The van der Waals surface area contributed by atoms with Crippen LogP contribution in [-0.2, 0) is 14.3 Å². The highest BCUT2D eigenvalue weighted by atomic mass is 35.5. The number of amides is 2. The third-order valence-electron chi connectivity index (χ3n) is 5.04. The van der Waals surface area contributed by atoms with Crippen molar-refractivity contribution in [3.8, 4) is 0 Å². The molecule has 3 rings (SSSR count). The molecule has 0 saturated carbocycles. The average molecular weight is 372 g/mol. The fraction of sp³-hybridized carbons (Fsp3) is 0.688. The topological polar surface area (TPSA) is 99.3 Å². The number of aromatic nitrogens is 2. The third-order valence-corrected chi connectivity index (χ3v) is 5.04. The molecule has 2 aliphatic rings. The van der Waals surface area contributed by atoms with Gasteiger partial charge in [0.2, 0.25) is 11.8 Å². The van der Waals surface area contributed by atoms with Crippen molar-refractivity contribution >= 4 is 29.9 Å². The second-order valence-corrected chi connectivity index (χ2v) is 6.76. The van der Waals surface area contributed by atoms with Gasteiger partial charge in [-0.3, -0.25) is 14.7 Å². The largest absolute Gasteiger partial charge is 0.384 e. The first-order valence-electron chi connectivity index (χ1n) is 8.40. The molecule has 0 aliphatic carbocycles. The van der Waals surface area contributed by atoms with Gasteiger partial charge in [-0.2, -0.15) is 5.10 Å². The van der Waals surface area contributed by atoms with E-state index in [2.05, 4.69) is 20.8 Å². The van der Waals surface area contributed by atoms with Gasteiger partial charge in [-0.15, -0.1) is 12.4 Å². The molecule has 25 heavy (non-hydrogen) atoms. The molecular weight excluding hydrogens is 346 g/mol. The monoisotopic (exact) mass is 371 g/mol. The molecular formula is C16H26ClN5O3. The standard InChI is InChI=1S/C16H25N5O3.ClH/c1-24-11-16(2-4-17-5-3-16)10-18-15(23)12-6-14(22)21(9-12)13-7-19-20-8-13;/h7-8,12,17H,2-6,9-11H2,1H3,(H,18,23)(H,19,20);1H. The highest BCUT2D eigenvalue weighted by molar-refractivity contribution is 6.00. The number of H-pyrrole nitrogens is 1. The minimum atomic E-state index is -0.311. The van der Waals surface area contributed by atoms with Crippen LogP contribution in [0.4, 0.5) is 5.69 Å². The molecule has 2 saturated heterocycles. The number of carbonyl (C=O) groups excluding carboxylic acids is 2. The molecule has 0 bridgehead atoms. The fourth-order valence-corrected chi connectivity index (χ4v) is 3.58. The Bertz CT molecular complexity index is 569. The average Bonchev–Trinajstić information content (AvgIpc) is 3.23. The lowest BCUT2D eigenvalue weighted by atomic mass is 9.79. The van der Waals surface area contributed by atoms with Crippen molar-refractivity contribution in [2.45, 2.75) is 19.3 Å². The number of carbonyl (C=O) groups is 2. The number of methoxy groups -OCH3 is 1. The summed E-state index contributed by atoms with van der Waals surface area (Å²) in [5, 5.41) is 12.9. The number of ether oxygens (including phenoxy) is 1. The number of piperidine rings is 1. The van der Waals surface area contributed by atoms with Crippen molar-refractivity contribution in [1.29, 1.82) is 0 Å². The van der Waals surface area contributed by atoms with E-state index in [-0.39, 0.29) is 42.0 Å². The summed E-state index contributed by atoms with van der Waals surface area (Å²) < 4.78 is 5.37. The van der Waals surface area contributed by atoms with Gasteiger partial charge in [0.25, 0.3) is 0 Å². The molecule has 2 fully saturated rings. The van der Waals surface area contributed by atoms with E-state index in [9.17, 15) is 9.59 Å².